The van der Waals surface area contributed by atoms with E-state index in [1.54, 1.807) is 0 Å². The summed E-state index contributed by atoms with van der Waals surface area (Å²) in [4.78, 5) is 0. The summed E-state index contributed by atoms with van der Waals surface area (Å²) in [6.07, 6.45) is -3.76. The maximum Gasteiger partial charge on any atom is 0.435 e. The molecule has 1 aliphatic rings. The van der Waals surface area contributed by atoms with Crippen LogP contribution in [0.15, 0.2) is 0 Å². The number of nitrogens with zero attached hydrogens (tertiary/aromatic N) is 1. The lowest BCUT2D eigenvalue weighted by Gasteiger charge is -2.13. The van der Waals surface area contributed by atoms with E-state index < -0.39 is 11.9 Å². The summed E-state index contributed by atoms with van der Waals surface area (Å²) in [5, 5.41) is 8.58. The van der Waals surface area contributed by atoms with E-state index in [0.717, 1.165) is 0 Å². The van der Waals surface area contributed by atoms with Crippen molar-refractivity contribution in [3.05, 3.63) is 17.0 Å². The zero-order chi connectivity index (χ0) is 9.47. The molecule has 2 rings (SSSR count). The molecule has 0 aromatic carbocycles. The average molecular weight is 191 g/mol. The van der Waals surface area contributed by atoms with Crippen LogP contribution in [-0.2, 0) is 19.1 Å². The molecule has 13 heavy (non-hydrogen) atoms. The van der Waals surface area contributed by atoms with Crippen molar-refractivity contribution in [2.75, 3.05) is 6.54 Å². The minimum Gasteiger partial charge on any atom is -0.312 e. The van der Waals surface area contributed by atoms with Crippen LogP contribution in [-0.4, -0.2) is 16.7 Å². The van der Waals surface area contributed by atoms with Gasteiger partial charge in [0.25, 0.3) is 0 Å². The molecule has 0 aliphatic carbocycles. The van der Waals surface area contributed by atoms with Crippen molar-refractivity contribution in [2.24, 2.45) is 0 Å². The Bertz CT molecular complexity index is 315. The van der Waals surface area contributed by atoms with Crippen LogP contribution in [0.4, 0.5) is 13.2 Å². The van der Waals surface area contributed by atoms with Gasteiger partial charge in [0.2, 0.25) is 0 Å². The number of alkyl halides is 3. The van der Waals surface area contributed by atoms with Crippen LogP contribution in [0.1, 0.15) is 17.0 Å². The number of H-pyrrole nitrogens is 1. The number of hydrogen-bond acceptors (Lipinski definition) is 2. The predicted molar refractivity (Wildman–Crippen MR) is 39.0 cm³/mol. The van der Waals surface area contributed by atoms with Gasteiger partial charge in [-0.25, -0.2) is 0 Å². The fraction of sp³-hybridized carbons (Fsp3) is 0.571. The van der Waals surface area contributed by atoms with Crippen molar-refractivity contribution >= 4 is 0 Å². The number of halogens is 3. The molecule has 0 spiro atoms. The first-order valence-electron chi connectivity index (χ1n) is 3.93. The summed E-state index contributed by atoms with van der Waals surface area (Å²) in [5.41, 5.74) is 0.0829. The number of aromatic nitrogens is 2. The molecule has 1 aromatic rings. The van der Waals surface area contributed by atoms with E-state index in [1.165, 1.54) is 0 Å². The van der Waals surface area contributed by atoms with Gasteiger partial charge in [-0.2, -0.15) is 18.3 Å². The molecule has 6 heteroatoms. The summed E-state index contributed by atoms with van der Waals surface area (Å²) in [6.45, 7) is 0.952. The fourth-order valence-corrected chi connectivity index (χ4v) is 1.46. The second-order valence-electron chi connectivity index (χ2n) is 2.95. The SMILES string of the molecule is FC(F)(F)c1n[nH]c2c1CNCC2. The fourth-order valence-electron chi connectivity index (χ4n) is 1.46. The first kappa shape index (κ1) is 8.55. The van der Waals surface area contributed by atoms with Gasteiger partial charge < -0.3 is 5.32 Å². The van der Waals surface area contributed by atoms with Gasteiger partial charge in [-0.15, -0.1) is 0 Å². The van der Waals surface area contributed by atoms with E-state index in [2.05, 4.69) is 15.5 Å². The largest absolute Gasteiger partial charge is 0.435 e. The molecule has 0 bridgehead atoms. The van der Waals surface area contributed by atoms with Gasteiger partial charge in [0.1, 0.15) is 0 Å². The summed E-state index contributed by atoms with van der Waals surface area (Å²) in [7, 11) is 0. The smallest absolute Gasteiger partial charge is 0.312 e. The number of rotatable bonds is 0. The third-order valence-electron chi connectivity index (χ3n) is 2.07. The maximum atomic E-state index is 12.3. The van der Waals surface area contributed by atoms with Crippen molar-refractivity contribution in [2.45, 2.75) is 19.1 Å². The Kier molecular flexibility index (Phi) is 1.80. The lowest BCUT2D eigenvalue weighted by molar-refractivity contribution is -0.141. The van der Waals surface area contributed by atoms with Crippen LogP contribution < -0.4 is 5.32 Å². The van der Waals surface area contributed by atoms with Gasteiger partial charge >= 0.3 is 6.18 Å². The van der Waals surface area contributed by atoms with E-state index in [4.69, 9.17) is 0 Å². The Labute approximate surface area is 72.3 Å². The third-order valence-corrected chi connectivity index (χ3v) is 2.07. The predicted octanol–water partition coefficient (Wildman–Crippen LogP) is 1.07. The summed E-state index contributed by atoms with van der Waals surface area (Å²) in [5.74, 6) is 0. The van der Waals surface area contributed by atoms with Crippen molar-refractivity contribution in [1.29, 1.82) is 0 Å². The second kappa shape index (κ2) is 2.73. The number of nitrogens with one attached hydrogen (secondary N) is 2. The Morgan fingerprint density at radius 3 is 2.77 bits per heavy atom. The Morgan fingerprint density at radius 2 is 2.08 bits per heavy atom. The molecular formula is C7H8F3N3. The molecule has 0 fully saturated rings. The zero-order valence-electron chi connectivity index (χ0n) is 6.70. The molecule has 0 amide bonds. The van der Waals surface area contributed by atoms with Crippen LogP contribution in [0, 0.1) is 0 Å². The third kappa shape index (κ3) is 1.41. The van der Waals surface area contributed by atoms with Crippen LogP contribution in [0.25, 0.3) is 0 Å². The first-order valence-corrected chi connectivity index (χ1v) is 3.93. The standard InChI is InChI=1S/C7H8F3N3/c8-7(9,10)6-4-3-11-2-1-5(4)12-13-6/h11H,1-3H2,(H,12,13). The molecule has 0 saturated heterocycles. The van der Waals surface area contributed by atoms with Crippen molar-refractivity contribution in [3.8, 4) is 0 Å². The lowest BCUT2D eigenvalue weighted by atomic mass is 10.1. The molecule has 2 heterocycles. The zero-order valence-corrected chi connectivity index (χ0v) is 6.70. The van der Waals surface area contributed by atoms with E-state index in [-0.39, 0.29) is 12.1 Å². The Hall–Kier alpha value is -1.04. The highest BCUT2D eigenvalue weighted by Crippen LogP contribution is 2.32. The van der Waals surface area contributed by atoms with Gasteiger partial charge in [0.05, 0.1) is 0 Å². The van der Waals surface area contributed by atoms with Crippen LogP contribution >= 0.6 is 0 Å². The van der Waals surface area contributed by atoms with Gasteiger partial charge in [-0.05, 0) is 0 Å². The topological polar surface area (TPSA) is 40.7 Å². The van der Waals surface area contributed by atoms with Crippen molar-refractivity contribution < 1.29 is 13.2 Å². The second-order valence-corrected chi connectivity index (χ2v) is 2.95. The molecule has 72 valence electrons. The minimum atomic E-state index is -4.34. The summed E-state index contributed by atoms with van der Waals surface area (Å²) in [6, 6.07) is 0. The van der Waals surface area contributed by atoms with Gasteiger partial charge in [-0.1, -0.05) is 0 Å². The molecule has 0 atom stereocenters. The molecular weight excluding hydrogens is 183 g/mol. The monoisotopic (exact) mass is 191 g/mol. The molecule has 1 aromatic heterocycles. The highest BCUT2D eigenvalue weighted by Gasteiger charge is 2.38. The maximum absolute atomic E-state index is 12.3. The average Bonchev–Trinajstić information content (AvgIpc) is 2.45. The van der Waals surface area contributed by atoms with Gasteiger partial charge in [-0.3, -0.25) is 5.10 Å². The molecule has 0 radical (unpaired) electrons. The van der Waals surface area contributed by atoms with Crippen LogP contribution in [0.5, 0.6) is 0 Å². The molecule has 3 nitrogen and oxygen atoms in total. The quantitative estimate of drug-likeness (QED) is 0.644. The lowest BCUT2D eigenvalue weighted by Crippen LogP contribution is -2.25. The van der Waals surface area contributed by atoms with E-state index >= 15 is 0 Å². The van der Waals surface area contributed by atoms with E-state index in [1.807, 2.05) is 0 Å². The Morgan fingerprint density at radius 1 is 1.31 bits per heavy atom. The highest BCUT2D eigenvalue weighted by molar-refractivity contribution is 5.29. The van der Waals surface area contributed by atoms with E-state index in [0.29, 0.717) is 18.7 Å². The summed E-state index contributed by atoms with van der Waals surface area (Å²) >= 11 is 0. The van der Waals surface area contributed by atoms with Crippen LogP contribution in [0.2, 0.25) is 0 Å². The normalized spacial score (nSPS) is 17.2. The van der Waals surface area contributed by atoms with Crippen LogP contribution in [0.3, 0.4) is 0 Å². The van der Waals surface area contributed by atoms with Gasteiger partial charge in [0.15, 0.2) is 5.69 Å². The number of fused-ring (bicyclic) bond motifs is 1. The molecule has 2 N–H and O–H groups in total. The first-order chi connectivity index (χ1) is 6.09. The molecule has 0 unspecified atom stereocenters. The highest BCUT2D eigenvalue weighted by atomic mass is 19.4. The van der Waals surface area contributed by atoms with Crippen molar-refractivity contribution in [3.63, 3.8) is 0 Å². The molecule has 1 aliphatic heterocycles. The van der Waals surface area contributed by atoms with Gasteiger partial charge in [0, 0.05) is 30.8 Å². The Balaban J connectivity index is 2.43. The number of aromatic amines is 1. The van der Waals surface area contributed by atoms with Crippen molar-refractivity contribution in [1.82, 2.24) is 15.5 Å². The minimum absolute atomic E-state index is 0.251. The van der Waals surface area contributed by atoms with E-state index in [9.17, 15) is 13.2 Å². The summed E-state index contributed by atoms with van der Waals surface area (Å²) < 4.78 is 36.9. The molecule has 0 saturated carbocycles. The number of hydrogen-bond donors (Lipinski definition) is 2.